The van der Waals surface area contributed by atoms with Gasteiger partial charge < -0.3 is 5.11 Å². The number of benzene rings is 1. The van der Waals surface area contributed by atoms with Crippen molar-refractivity contribution in [3.05, 3.63) is 35.1 Å². The van der Waals surface area contributed by atoms with Crippen LogP contribution in [0.5, 0.6) is 0 Å². The molecular formula is C15H18FNO. The van der Waals surface area contributed by atoms with Crippen LogP contribution in [0.3, 0.4) is 0 Å². The summed E-state index contributed by atoms with van der Waals surface area (Å²) in [5.41, 5.74) is 1.82. The Labute approximate surface area is 107 Å². The van der Waals surface area contributed by atoms with E-state index in [1.54, 1.807) is 0 Å². The highest BCUT2D eigenvalue weighted by Gasteiger charge is 2.13. The van der Waals surface area contributed by atoms with Crippen molar-refractivity contribution in [1.82, 2.24) is 4.90 Å². The Morgan fingerprint density at radius 2 is 2.06 bits per heavy atom. The standard InChI is InChI=1S/C15H18FNO/c16-15-7-6-14(12-17-8-2-3-9-17)13(11-15)5-1-4-10-18/h6-7,11,18H,2-4,8-10,12H2. The predicted molar refractivity (Wildman–Crippen MR) is 69.5 cm³/mol. The highest BCUT2D eigenvalue weighted by Crippen LogP contribution is 2.16. The molecule has 0 bridgehead atoms. The molecule has 96 valence electrons. The minimum atomic E-state index is -0.256. The lowest BCUT2D eigenvalue weighted by molar-refractivity contribution is 0.305. The lowest BCUT2D eigenvalue weighted by atomic mass is 10.1. The molecule has 0 amide bonds. The van der Waals surface area contributed by atoms with Gasteiger partial charge in [-0.25, -0.2) is 4.39 Å². The molecule has 0 aromatic heterocycles. The van der Waals surface area contributed by atoms with Crippen molar-refractivity contribution < 1.29 is 9.50 Å². The molecule has 2 nitrogen and oxygen atoms in total. The molecule has 1 heterocycles. The number of aliphatic hydroxyl groups excluding tert-OH is 1. The first kappa shape index (κ1) is 13.1. The molecule has 0 unspecified atom stereocenters. The molecular weight excluding hydrogens is 229 g/mol. The third-order valence-corrected chi connectivity index (χ3v) is 3.12. The van der Waals surface area contributed by atoms with Gasteiger partial charge in [0.2, 0.25) is 0 Å². The maximum absolute atomic E-state index is 13.2. The molecule has 1 fully saturated rings. The van der Waals surface area contributed by atoms with Crippen molar-refractivity contribution in [1.29, 1.82) is 0 Å². The van der Waals surface area contributed by atoms with Gasteiger partial charge in [-0.05, 0) is 43.6 Å². The summed E-state index contributed by atoms with van der Waals surface area (Å²) in [6.07, 6.45) is 2.92. The lowest BCUT2D eigenvalue weighted by Crippen LogP contribution is -2.19. The van der Waals surface area contributed by atoms with Crippen LogP contribution < -0.4 is 0 Å². The first-order valence-electron chi connectivity index (χ1n) is 6.40. The van der Waals surface area contributed by atoms with E-state index in [4.69, 9.17) is 5.11 Å². The maximum atomic E-state index is 13.2. The number of aliphatic hydroxyl groups is 1. The van der Waals surface area contributed by atoms with Crippen LogP contribution in [0, 0.1) is 17.7 Å². The Morgan fingerprint density at radius 3 is 2.78 bits per heavy atom. The Balaban J connectivity index is 2.15. The second-order valence-electron chi connectivity index (χ2n) is 4.56. The van der Waals surface area contributed by atoms with Crippen molar-refractivity contribution >= 4 is 0 Å². The molecule has 0 saturated carbocycles. The zero-order valence-electron chi connectivity index (χ0n) is 10.5. The average Bonchev–Trinajstić information content (AvgIpc) is 2.86. The van der Waals surface area contributed by atoms with Crippen LogP contribution in [0.4, 0.5) is 4.39 Å². The zero-order valence-corrected chi connectivity index (χ0v) is 10.5. The first-order chi connectivity index (χ1) is 8.79. The minimum absolute atomic E-state index is 0.0454. The van der Waals surface area contributed by atoms with Gasteiger partial charge in [-0.2, -0.15) is 0 Å². The molecule has 3 heteroatoms. The second kappa shape index (κ2) is 6.53. The van der Waals surface area contributed by atoms with Gasteiger partial charge in [-0.3, -0.25) is 4.90 Å². The number of nitrogens with zero attached hydrogens (tertiary/aromatic N) is 1. The van der Waals surface area contributed by atoms with Gasteiger partial charge in [0.1, 0.15) is 5.82 Å². The monoisotopic (exact) mass is 247 g/mol. The largest absolute Gasteiger partial charge is 0.395 e. The fourth-order valence-electron chi connectivity index (χ4n) is 2.20. The minimum Gasteiger partial charge on any atom is -0.395 e. The van der Waals surface area contributed by atoms with Crippen LogP contribution in [-0.2, 0) is 6.54 Å². The second-order valence-corrected chi connectivity index (χ2v) is 4.56. The van der Waals surface area contributed by atoms with Gasteiger partial charge in [-0.15, -0.1) is 0 Å². The van der Waals surface area contributed by atoms with E-state index in [9.17, 15) is 4.39 Å². The summed E-state index contributed by atoms with van der Waals surface area (Å²) in [5.74, 6) is 5.55. The van der Waals surface area contributed by atoms with E-state index in [0.29, 0.717) is 6.42 Å². The van der Waals surface area contributed by atoms with Gasteiger partial charge in [0, 0.05) is 18.5 Å². The first-order valence-corrected chi connectivity index (χ1v) is 6.40. The average molecular weight is 247 g/mol. The van der Waals surface area contributed by atoms with E-state index in [1.165, 1.54) is 25.0 Å². The van der Waals surface area contributed by atoms with E-state index in [0.717, 1.165) is 30.8 Å². The van der Waals surface area contributed by atoms with E-state index in [2.05, 4.69) is 16.7 Å². The van der Waals surface area contributed by atoms with Crippen LogP contribution in [0.25, 0.3) is 0 Å². The number of likely N-dealkylation sites (tertiary alicyclic amines) is 1. The topological polar surface area (TPSA) is 23.5 Å². The molecule has 0 aliphatic carbocycles. The number of hydrogen-bond donors (Lipinski definition) is 1. The van der Waals surface area contributed by atoms with Crippen molar-refractivity contribution in [2.45, 2.75) is 25.8 Å². The molecule has 1 saturated heterocycles. The van der Waals surface area contributed by atoms with Crippen molar-refractivity contribution in [2.75, 3.05) is 19.7 Å². The van der Waals surface area contributed by atoms with E-state index < -0.39 is 0 Å². The summed E-state index contributed by atoms with van der Waals surface area (Å²) in [4.78, 5) is 2.37. The Kier molecular flexibility index (Phi) is 4.74. The van der Waals surface area contributed by atoms with Crippen LogP contribution in [-0.4, -0.2) is 29.7 Å². The molecule has 1 aliphatic rings. The fourth-order valence-corrected chi connectivity index (χ4v) is 2.20. The van der Waals surface area contributed by atoms with E-state index in [1.807, 2.05) is 6.07 Å². The molecule has 18 heavy (non-hydrogen) atoms. The molecule has 1 aromatic carbocycles. The third-order valence-electron chi connectivity index (χ3n) is 3.12. The highest BCUT2D eigenvalue weighted by atomic mass is 19.1. The third kappa shape index (κ3) is 3.56. The van der Waals surface area contributed by atoms with Crippen LogP contribution in [0.15, 0.2) is 18.2 Å². The molecule has 1 aliphatic heterocycles. The molecule has 0 atom stereocenters. The van der Waals surface area contributed by atoms with Crippen LogP contribution in [0.1, 0.15) is 30.4 Å². The summed E-state index contributed by atoms with van der Waals surface area (Å²) >= 11 is 0. The normalized spacial score (nSPS) is 15.4. The lowest BCUT2D eigenvalue weighted by Gasteiger charge is -2.15. The molecule has 0 radical (unpaired) electrons. The molecule has 1 N–H and O–H groups in total. The molecule has 0 spiro atoms. The van der Waals surface area contributed by atoms with Gasteiger partial charge in [-0.1, -0.05) is 17.9 Å². The highest BCUT2D eigenvalue weighted by molar-refractivity contribution is 5.41. The summed E-state index contributed by atoms with van der Waals surface area (Å²) in [6.45, 7) is 3.11. The Hall–Kier alpha value is -1.37. The molecule has 2 rings (SSSR count). The van der Waals surface area contributed by atoms with Crippen LogP contribution in [0.2, 0.25) is 0 Å². The van der Waals surface area contributed by atoms with Gasteiger partial charge in [0.25, 0.3) is 0 Å². The smallest absolute Gasteiger partial charge is 0.124 e. The Morgan fingerprint density at radius 1 is 1.28 bits per heavy atom. The van der Waals surface area contributed by atoms with Gasteiger partial charge in [0.05, 0.1) is 6.61 Å². The number of hydrogen-bond acceptors (Lipinski definition) is 2. The zero-order chi connectivity index (χ0) is 12.8. The van der Waals surface area contributed by atoms with E-state index in [-0.39, 0.29) is 12.4 Å². The van der Waals surface area contributed by atoms with Gasteiger partial charge in [0.15, 0.2) is 0 Å². The summed E-state index contributed by atoms with van der Waals surface area (Å²) in [6, 6.07) is 4.79. The Bertz CT molecular complexity index is 455. The van der Waals surface area contributed by atoms with Crippen LogP contribution >= 0.6 is 0 Å². The predicted octanol–water partition coefficient (Wildman–Crippen LogP) is 2.16. The number of halogens is 1. The maximum Gasteiger partial charge on any atom is 0.124 e. The van der Waals surface area contributed by atoms with Gasteiger partial charge >= 0.3 is 0 Å². The summed E-state index contributed by atoms with van der Waals surface area (Å²) in [5, 5.41) is 8.71. The summed E-state index contributed by atoms with van der Waals surface area (Å²) in [7, 11) is 0. The quantitative estimate of drug-likeness (QED) is 0.827. The SMILES string of the molecule is OCCC#Cc1cc(F)ccc1CN1CCCC1. The summed E-state index contributed by atoms with van der Waals surface area (Å²) < 4.78 is 13.2. The van der Waals surface area contributed by atoms with E-state index >= 15 is 0 Å². The molecule has 1 aromatic rings. The fraction of sp³-hybridized carbons (Fsp3) is 0.467. The number of rotatable bonds is 3. The van der Waals surface area contributed by atoms with Crippen molar-refractivity contribution in [3.8, 4) is 11.8 Å². The van der Waals surface area contributed by atoms with Crippen molar-refractivity contribution in [2.24, 2.45) is 0 Å². The van der Waals surface area contributed by atoms with Crippen molar-refractivity contribution in [3.63, 3.8) is 0 Å².